The highest BCUT2D eigenvalue weighted by molar-refractivity contribution is 9.10. The van der Waals surface area contributed by atoms with Crippen molar-refractivity contribution < 1.29 is 13.9 Å². The molecule has 0 bridgehead atoms. The van der Waals surface area contributed by atoms with Crippen molar-refractivity contribution in [1.29, 1.82) is 0 Å². The van der Waals surface area contributed by atoms with Crippen LogP contribution in [0.3, 0.4) is 0 Å². The molecule has 0 saturated carbocycles. The monoisotopic (exact) mass is 317 g/mol. The minimum atomic E-state index is -0.412. The lowest BCUT2D eigenvalue weighted by molar-refractivity contribution is -0.00230. The Hall–Kier alpha value is -0.650. The van der Waals surface area contributed by atoms with E-state index in [0.717, 1.165) is 25.0 Å². The zero-order valence-corrected chi connectivity index (χ0v) is 12.1. The molecule has 2 unspecified atom stereocenters. The van der Waals surface area contributed by atoms with E-state index in [-0.39, 0.29) is 11.9 Å². The molecule has 1 aromatic carbocycles. The molecule has 1 aliphatic rings. The first-order valence-corrected chi connectivity index (χ1v) is 6.70. The van der Waals surface area contributed by atoms with Gasteiger partial charge in [0, 0.05) is 18.2 Å². The highest BCUT2D eigenvalue weighted by Gasteiger charge is 2.38. The summed E-state index contributed by atoms with van der Waals surface area (Å²) in [6.45, 7) is 2.70. The molecule has 1 aliphatic heterocycles. The Kier molecular flexibility index (Phi) is 3.94. The van der Waals surface area contributed by atoms with Crippen LogP contribution in [0.2, 0.25) is 0 Å². The standard InChI is InChI=1S/C13H17BrFNO2/c1-13(4-3-5-18-13)12(16)8-6-9(14)10(15)7-11(8)17-2/h6-7,12H,3-5,16H2,1-2H3. The smallest absolute Gasteiger partial charge is 0.141 e. The van der Waals surface area contributed by atoms with Crippen molar-refractivity contribution in [3.8, 4) is 5.75 Å². The summed E-state index contributed by atoms with van der Waals surface area (Å²) in [6, 6.07) is 2.68. The summed E-state index contributed by atoms with van der Waals surface area (Å²) in [5.41, 5.74) is 6.63. The van der Waals surface area contributed by atoms with Crippen molar-refractivity contribution in [2.75, 3.05) is 13.7 Å². The van der Waals surface area contributed by atoms with Crippen LogP contribution in [0.15, 0.2) is 16.6 Å². The van der Waals surface area contributed by atoms with Crippen molar-refractivity contribution in [3.63, 3.8) is 0 Å². The van der Waals surface area contributed by atoms with Crippen molar-refractivity contribution in [2.24, 2.45) is 5.73 Å². The van der Waals surface area contributed by atoms with Gasteiger partial charge in [0.15, 0.2) is 0 Å². The minimum absolute atomic E-state index is 0.341. The average Bonchev–Trinajstić information content (AvgIpc) is 2.79. The molecule has 3 nitrogen and oxygen atoms in total. The third-order valence-corrected chi connectivity index (χ3v) is 4.12. The van der Waals surface area contributed by atoms with E-state index in [4.69, 9.17) is 15.2 Å². The Morgan fingerprint density at radius 2 is 2.28 bits per heavy atom. The van der Waals surface area contributed by atoms with Crippen LogP contribution in [0.1, 0.15) is 31.4 Å². The maximum Gasteiger partial charge on any atom is 0.141 e. The number of halogens is 2. The average molecular weight is 318 g/mol. The fourth-order valence-electron chi connectivity index (χ4n) is 2.34. The van der Waals surface area contributed by atoms with Gasteiger partial charge in [0.1, 0.15) is 11.6 Å². The van der Waals surface area contributed by atoms with Crippen LogP contribution in [0.25, 0.3) is 0 Å². The lowest BCUT2D eigenvalue weighted by Gasteiger charge is -2.31. The Morgan fingerprint density at radius 1 is 1.56 bits per heavy atom. The molecule has 1 saturated heterocycles. The van der Waals surface area contributed by atoms with Crippen molar-refractivity contribution >= 4 is 15.9 Å². The molecule has 0 spiro atoms. The molecule has 5 heteroatoms. The van der Waals surface area contributed by atoms with E-state index < -0.39 is 5.60 Å². The topological polar surface area (TPSA) is 44.5 Å². The van der Waals surface area contributed by atoms with E-state index in [1.807, 2.05) is 6.92 Å². The quantitative estimate of drug-likeness (QED) is 0.931. The summed E-state index contributed by atoms with van der Waals surface area (Å²) >= 11 is 3.18. The van der Waals surface area contributed by atoms with E-state index in [1.54, 1.807) is 6.07 Å². The van der Waals surface area contributed by atoms with E-state index in [9.17, 15) is 4.39 Å². The predicted octanol–water partition coefficient (Wildman–Crippen LogP) is 3.17. The van der Waals surface area contributed by atoms with Gasteiger partial charge in [-0.3, -0.25) is 0 Å². The summed E-state index contributed by atoms with van der Waals surface area (Å²) < 4.78 is 24.8. The third kappa shape index (κ3) is 2.39. The molecule has 0 aromatic heterocycles. The first-order chi connectivity index (χ1) is 8.48. The molecule has 100 valence electrons. The zero-order chi connectivity index (χ0) is 13.3. The Balaban J connectivity index is 2.40. The van der Waals surface area contributed by atoms with Crippen LogP contribution in [-0.2, 0) is 4.74 Å². The number of benzene rings is 1. The van der Waals surface area contributed by atoms with Crippen molar-refractivity contribution in [3.05, 3.63) is 28.0 Å². The second kappa shape index (κ2) is 5.15. The van der Waals surface area contributed by atoms with Gasteiger partial charge in [0.05, 0.1) is 23.2 Å². The SMILES string of the molecule is COc1cc(F)c(Br)cc1C(N)C1(C)CCCO1. The van der Waals surface area contributed by atoms with Gasteiger partial charge in [-0.05, 0) is 41.8 Å². The van der Waals surface area contributed by atoms with Gasteiger partial charge < -0.3 is 15.2 Å². The maximum atomic E-state index is 13.5. The Morgan fingerprint density at radius 3 is 2.83 bits per heavy atom. The van der Waals surface area contributed by atoms with E-state index in [1.165, 1.54) is 13.2 Å². The molecule has 18 heavy (non-hydrogen) atoms. The molecule has 1 fully saturated rings. The first kappa shape index (κ1) is 13.8. The molecular weight excluding hydrogens is 301 g/mol. The van der Waals surface area contributed by atoms with Gasteiger partial charge in [-0.25, -0.2) is 4.39 Å². The molecule has 0 radical (unpaired) electrons. The fourth-order valence-corrected chi connectivity index (χ4v) is 2.70. The molecule has 2 N–H and O–H groups in total. The van der Waals surface area contributed by atoms with Gasteiger partial charge in [0.25, 0.3) is 0 Å². The molecule has 1 heterocycles. The number of rotatable bonds is 3. The number of methoxy groups -OCH3 is 1. The molecule has 2 rings (SSSR count). The van der Waals surface area contributed by atoms with Gasteiger partial charge in [-0.2, -0.15) is 0 Å². The molecule has 2 atom stereocenters. The summed E-state index contributed by atoms with van der Waals surface area (Å²) in [5, 5.41) is 0. The normalized spacial score (nSPS) is 25.2. The zero-order valence-electron chi connectivity index (χ0n) is 10.5. The van der Waals surface area contributed by atoms with Crippen molar-refractivity contribution in [1.82, 2.24) is 0 Å². The first-order valence-electron chi connectivity index (χ1n) is 5.90. The molecular formula is C13H17BrFNO2. The summed E-state index contributed by atoms with van der Waals surface area (Å²) in [5.74, 6) is 0.0974. The number of ether oxygens (including phenoxy) is 2. The second-order valence-electron chi connectivity index (χ2n) is 4.75. The highest BCUT2D eigenvalue weighted by Crippen LogP contribution is 2.40. The lowest BCUT2D eigenvalue weighted by Crippen LogP contribution is -2.37. The van der Waals surface area contributed by atoms with E-state index in [0.29, 0.717) is 10.2 Å². The predicted molar refractivity (Wildman–Crippen MR) is 71.2 cm³/mol. The highest BCUT2D eigenvalue weighted by atomic mass is 79.9. The minimum Gasteiger partial charge on any atom is -0.496 e. The van der Waals surface area contributed by atoms with Crippen LogP contribution >= 0.6 is 15.9 Å². The Labute approximate surface area is 115 Å². The summed E-state index contributed by atoms with van der Waals surface area (Å²) in [6.07, 6.45) is 1.89. The molecule has 0 amide bonds. The Bertz CT molecular complexity index is 447. The third-order valence-electron chi connectivity index (χ3n) is 3.51. The molecule has 0 aliphatic carbocycles. The van der Waals surface area contributed by atoms with E-state index in [2.05, 4.69) is 15.9 Å². The van der Waals surface area contributed by atoms with Gasteiger partial charge in [-0.15, -0.1) is 0 Å². The van der Waals surface area contributed by atoms with Crippen LogP contribution in [0, 0.1) is 5.82 Å². The van der Waals surface area contributed by atoms with Crippen molar-refractivity contribution in [2.45, 2.75) is 31.4 Å². The van der Waals surface area contributed by atoms with Crippen LogP contribution in [0.5, 0.6) is 5.75 Å². The number of hydrogen-bond donors (Lipinski definition) is 1. The van der Waals surface area contributed by atoms with Crippen LogP contribution < -0.4 is 10.5 Å². The van der Waals surface area contributed by atoms with Crippen LogP contribution in [0.4, 0.5) is 4.39 Å². The fraction of sp³-hybridized carbons (Fsp3) is 0.538. The maximum absolute atomic E-state index is 13.5. The summed E-state index contributed by atoms with van der Waals surface area (Å²) in [4.78, 5) is 0. The second-order valence-corrected chi connectivity index (χ2v) is 5.60. The van der Waals surface area contributed by atoms with E-state index >= 15 is 0 Å². The molecule has 1 aromatic rings. The van der Waals surface area contributed by atoms with Crippen LogP contribution in [-0.4, -0.2) is 19.3 Å². The number of nitrogens with two attached hydrogens (primary N) is 1. The van der Waals surface area contributed by atoms with Gasteiger partial charge in [0.2, 0.25) is 0 Å². The largest absolute Gasteiger partial charge is 0.496 e. The number of hydrogen-bond acceptors (Lipinski definition) is 3. The van der Waals surface area contributed by atoms with Gasteiger partial charge in [-0.1, -0.05) is 0 Å². The summed E-state index contributed by atoms with van der Waals surface area (Å²) in [7, 11) is 1.51. The lowest BCUT2D eigenvalue weighted by atomic mass is 9.88. The van der Waals surface area contributed by atoms with Gasteiger partial charge >= 0.3 is 0 Å².